The SMILES string of the molecule is COCCCOc1cc(CC(CC(N)C(O)CNC(=O)C(C)(C)[C@H]2CC[C@@H](O)CC2)C(C)C)ccc1OC.Cl. The van der Waals surface area contributed by atoms with Crippen LogP contribution in [0.2, 0.25) is 0 Å². The fourth-order valence-corrected chi connectivity index (χ4v) is 5.31. The molecule has 1 aromatic rings. The van der Waals surface area contributed by atoms with Gasteiger partial charge in [-0.3, -0.25) is 4.79 Å². The van der Waals surface area contributed by atoms with Crippen LogP contribution in [-0.2, 0) is 16.0 Å². The van der Waals surface area contributed by atoms with Gasteiger partial charge in [0.1, 0.15) is 0 Å². The number of nitrogens with one attached hydrogen (secondary N) is 1. The Morgan fingerprint density at radius 2 is 1.79 bits per heavy atom. The van der Waals surface area contributed by atoms with Crippen LogP contribution in [0.5, 0.6) is 11.5 Å². The zero-order valence-corrected chi connectivity index (χ0v) is 25.6. The minimum atomic E-state index is -0.834. The van der Waals surface area contributed by atoms with Crippen molar-refractivity contribution in [2.45, 2.75) is 90.9 Å². The van der Waals surface area contributed by atoms with Crippen LogP contribution < -0.4 is 20.5 Å². The van der Waals surface area contributed by atoms with Crippen molar-refractivity contribution in [2.24, 2.45) is 28.9 Å². The first-order valence-corrected chi connectivity index (χ1v) is 14.2. The highest BCUT2D eigenvalue weighted by Gasteiger charge is 2.38. The number of carbonyl (C=O) groups excluding carboxylic acids is 1. The topological polar surface area (TPSA) is 123 Å². The lowest BCUT2D eigenvalue weighted by Gasteiger charge is -2.37. The van der Waals surface area contributed by atoms with Crippen LogP contribution in [-0.4, -0.2) is 68.3 Å². The molecule has 1 aliphatic rings. The van der Waals surface area contributed by atoms with Gasteiger partial charge in [0.25, 0.3) is 0 Å². The number of hydrogen-bond donors (Lipinski definition) is 4. The van der Waals surface area contributed by atoms with E-state index in [1.54, 1.807) is 14.2 Å². The average Bonchev–Trinajstić information content (AvgIpc) is 2.89. The molecule has 2 rings (SSSR count). The molecule has 0 heterocycles. The number of nitrogens with two attached hydrogens (primary N) is 1. The van der Waals surface area contributed by atoms with Gasteiger partial charge in [0.05, 0.1) is 25.9 Å². The molecule has 8 nitrogen and oxygen atoms in total. The van der Waals surface area contributed by atoms with Gasteiger partial charge in [-0.25, -0.2) is 0 Å². The van der Waals surface area contributed by atoms with E-state index in [-0.39, 0.29) is 42.8 Å². The van der Waals surface area contributed by atoms with Crippen molar-refractivity contribution in [3.8, 4) is 11.5 Å². The quantitative estimate of drug-likeness (QED) is 0.220. The van der Waals surface area contributed by atoms with Crippen LogP contribution in [0.1, 0.15) is 71.8 Å². The molecule has 1 amide bonds. The number of amides is 1. The summed E-state index contributed by atoms with van der Waals surface area (Å²) in [5.74, 6) is 2.17. The minimum absolute atomic E-state index is 0. The lowest BCUT2D eigenvalue weighted by atomic mass is 9.70. The van der Waals surface area contributed by atoms with Gasteiger partial charge in [-0.15, -0.1) is 12.4 Å². The number of hydrogen-bond acceptors (Lipinski definition) is 7. The molecule has 1 saturated carbocycles. The maximum absolute atomic E-state index is 13.0. The summed E-state index contributed by atoms with van der Waals surface area (Å²) in [6, 6.07) is 5.54. The van der Waals surface area contributed by atoms with Crippen LogP contribution in [0, 0.1) is 23.2 Å². The van der Waals surface area contributed by atoms with Crippen molar-refractivity contribution in [1.29, 1.82) is 0 Å². The van der Waals surface area contributed by atoms with Crippen molar-refractivity contribution in [3.05, 3.63) is 23.8 Å². The van der Waals surface area contributed by atoms with Gasteiger partial charge in [-0.1, -0.05) is 33.8 Å². The summed E-state index contributed by atoms with van der Waals surface area (Å²) in [5, 5.41) is 23.5. The Hall–Kier alpha value is -1.58. The molecule has 0 spiro atoms. The smallest absolute Gasteiger partial charge is 0.226 e. The molecule has 0 aliphatic heterocycles. The average molecular weight is 573 g/mol. The Labute approximate surface area is 241 Å². The fraction of sp³-hybridized carbons (Fsp3) is 0.767. The third-order valence-corrected chi connectivity index (χ3v) is 8.26. The molecule has 9 heteroatoms. The minimum Gasteiger partial charge on any atom is -0.493 e. The largest absolute Gasteiger partial charge is 0.493 e. The van der Waals surface area contributed by atoms with Crippen molar-refractivity contribution in [3.63, 3.8) is 0 Å². The first kappa shape index (κ1) is 35.4. The summed E-state index contributed by atoms with van der Waals surface area (Å²) >= 11 is 0. The van der Waals surface area contributed by atoms with Gasteiger partial charge in [0.15, 0.2) is 11.5 Å². The summed E-state index contributed by atoms with van der Waals surface area (Å²) in [6.07, 6.45) is 4.29. The molecule has 3 atom stereocenters. The normalized spacial score (nSPS) is 20.1. The van der Waals surface area contributed by atoms with Crippen molar-refractivity contribution < 1.29 is 29.2 Å². The molecule has 5 N–H and O–H groups in total. The van der Waals surface area contributed by atoms with Gasteiger partial charge < -0.3 is 35.5 Å². The van der Waals surface area contributed by atoms with E-state index < -0.39 is 17.6 Å². The van der Waals surface area contributed by atoms with Crippen LogP contribution in [0.15, 0.2) is 18.2 Å². The zero-order chi connectivity index (χ0) is 28.3. The molecule has 1 fully saturated rings. The van der Waals surface area contributed by atoms with E-state index in [1.165, 1.54) is 0 Å². The molecular formula is C30H53ClN2O6. The molecule has 3 unspecified atom stereocenters. The maximum Gasteiger partial charge on any atom is 0.226 e. The first-order chi connectivity index (χ1) is 18.0. The van der Waals surface area contributed by atoms with Gasteiger partial charge in [-0.2, -0.15) is 0 Å². The Bertz CT molecular complexity index is 845. The number of methoxy groups -OCH3 is 2. The van der Waals surface area contributed by atoms with E-state index in [9.17, 15) is 15.0 Å². The number of aliphatic hydroxyl groups is 2. The lowest BCUT2D eigenvalue weighted by molar-refractivity contribution is -0.134. The van der Waals surface area contributed by atoms with Crippen molar-refractivity contribution >= 4 is 18.3 Å². The van der Waals surface area contributed by atoms with Gasteiger partial charge in [-0.05, 0) is 74.0 Å². The van der Waals surface area contributed by atoms with E-state index in [4.69, 9.17) is 19.9 Å². The van der Waals surface area contributed by atoms with Crippen LogP contribution in [0.25, 0.3) is 0 Å². The second-order valence-corrected chi connectivity index (χ2v) is 11.8. The predicted octanol–water partition coefficient (Wildman–Crippen LogP) is 4.12. The van der Waals surface area contributed by atoms with Gasteiger partial charge >= 0.3 is 0 Å². The summed E-state index contributed by atoms with van der Waals surface area (Å²) in [4.78, 5) is 13.0. The second-order valence-electron chi connectivity index (χ2n) is 11.8. The van der Waals surface area contributed by atoms with E-state index in [2.05, 4.69) is 19.2 Å². The van der Waals surface area contributed by atoms with Gasteiger partial charge in [0, 0.05) is 38.1 Å². The monoisotopic (exact) mass is 572 g/mol. The first-order valence-electron chi connectivity index (χ1n) is 14.2. The molecule has 1 aromatic carbocycles. The lowest BCUT2D eigenvalue weighted by Crippen LogP contribution is -2.49. The number of carbonyl (C=O) groups is 1. The third kappa shape index (κ3) is 11.1. The highest BCUT2D eigenvalue weighted by molar-refractivity contribution is 5.85. The third-order valence-electron chi connectivity index (χ3n) is 8.26. The molecule has 0 aromatic heterocycles. The van der Waals surface area contributed by atoms with E-state index in [0.717, 1.165) is 44.1 Å². The fourth-order valence-electron chi connectivity index (χ4n) is 5.31. The second kappa shape index (κ2) is 17.3. The number of halogens is 1. The van der Waals surface area contributed by atoms with E-state index in [0.29, 0.717) is 37.1 Å². The number of ether oxygens (including phenoxy) is 3. The highest BCUT2D eigenvalue weighted by atomic mass is 35.5. The number of rotatable bonds is 16. The number of benzene rings is 1. The zero-order valence-electron chi connectivity index (χ0n) is 24.8. The Kier molecular flexibility index (Phi) is 15.7. The molecule has 39 heavy (non-hydrogen) atoms. The summed E-state index contributed by atoms with van der Waals surface area (Å²) < 4.78 is 16.5. The maximum atomic E-state index is 13.0. The predicted molar refractivity (Wildman–Crippen MR) is 158 cm³/mol. The Morgan fingerprint density at radius 1 is 1.13 bits per heavy atom. The Balaban J connectivity index is 0.00000760. The summed E-state index contributed by atoms with van der Waals surface area (Å²) in [6.45, 7) is 9.56. The molecule has 0 bridgehead atoms. The van der Waals surface area contributed by atoms with Crippen molar-refractivity contribution in [2.75, 3.05) is 34.0 Å². The number of aliphatic hydroxyl groups excluding tert-OH is 2. The highest BCUT2D eigenvalue weighted by Crippen LogP contribution is 2.38. The standard InChI is InChI=1S/C30H52N2O6.ClH/c1-20(2)22(16-21-8-13-27(37-6)28(17-21)38-15-7-14-36-5)18-25(31)26(34)19-32-29(35)30(3,4)23-9-11-24(33)12-10-23;/h8,13,17,20,22-26,33-34H,7,9-12,14-16,18-19,31H2,1-6H3,(H,32,35);1H/t22?,23-,24+,25?,26?;. The van der Waals surface area contributed by atoms with Crippen LogP contribution >= 0.6 is 12.4 Å². The van der Waals surface area contributed by atoms with Crippen LogP contribution in [0.3, 0.4) is 0 Å². The van der Waals surface area contributed by atoms with Crippen molar-refractivity contribution in [1.82, 2.24) is 5.32 Å². The summed E-state index contributed by atoms with van der Waals surface area (Å²) in [5.41, 5.74) is 7.02. The van der Waals surface area contributed by atoms with E-state index in [1.807, 2.05) is 32.0 Å². The summed E-state index contributed by atoms with van der Waals surface area (Å²) in [7, 11) is 3.31. The van der Waals surface area contributed by atoms with E-state index >= 15 is 0 Å². The van der Waals surface area contributed by atoms with Gasteiger partial charge in [0.2, 0.25) is 5.91 Å². The molecule has 0 radical (unpaired) electrons. The molecule has 1 aliphatic carbocycles. The molecule has 0 saturated heterocycles. The Morgan fingerprint density at radius 3 is 2.38 bits per heavy atom. The van der Waals surface area contributed by atoms with Crippen LogP contribution in [0.4, 0.5) is 0 Å². The molecule has 226 valence electrons. The molecular weight excluding hydrogens is 520 g/mol.